The third-order valence-corrected chi connectivity index (χ3v) is 13.5. The molecule has 1 aromatic heterocycles. The van der Waals surface area contributed by atoms with Crippen LogP contribution < -0.4 is 20.1 Å². The number of fused-ring (bicyclic) bond motifs is 5. The number of aromatic nitrogens is 1. The maximum absolute atomic E-state index is 14.7. The monoisotopic (exact) mass is 749 g/mol. The van der Waals surface area contributed by atoms with Gasteiger partial charge in [-0.1, -0.05) is 36.6 Å². The fourth-order valence-electron chi connectivity index (χ4n) is 8.09. The van der Waals surface area contributed by atoms with E-state index in [1.54, 1.807) is 4.90 Å². The molecule has 4 heterocycles. The lowest BCUT2D eigenvalue weighted by Gasteiger charge is -2.36. The molecule has 13 heteroatoms. The Hall–Kier alpha value is -3.51. The summed E-state index contributed by atoms with van der Waals surface area (Å²) in [4.78, 5) is 62.7. The highest BCUT2D eigenvalue weighted by atomic mass is 35.5. The molecule has 3 saturated carbocycles. The van der Waals surface area contributed by atoms with E-state index >= 15 is 0 Å². The van der Waals surface area contributed by atoms with E-state index in [2.05, 4.69) is 34.4 Å². The molecule has 3 aliphatic carbocycles. The molecule has 5 atom stereocenters. The number of benzene rings is 1. The van der Waals surface area contributed by atoms with Crippen molar-refractivity contribution >= 4 is 58.3 Å². The molecule has 1 spiro atoms. The Morgan fingerprint density at radius 2 is 1.90 bits per heavy atom. The number of hydrogen-bond acceptors (Lipinski definition) is 8. The Morgan fingerprint density at radius 3 is 2.67 bits per heavy atom. The first-order valence-corrected chi connectivity index (χ1v) is 20.0. The van der Waals surface area contributed by atoms with Gasteiger partial charge in [-0.15, -0.1) is 0 Å². The third-order valence-electron chi connectivity index (χ3n) is 12.0. The van der Waals surface area contributed by atoms with E-state index in [0.717, 1.165) is 67.1 Å². The number of ether oxygens (including phenoxy) is 2. The van der Waals surface area contributed by atoms with Gasteiger partial charge in [0, 0.05) is 33.1 Å². The number of nitrogens with one attached hydrogen (secondary N) is 3. The van der Waals surface area contributed by atoms with Crippen LogP contribution in [0.5, 0.6) is 5.75 Å². The van der Waals surface area contributed by atoms with Gasteiger partial charge in [-0.2, -0.15) is 0 Å². The van der Waals surface area contributed by atoms with Gasteiger partial charge in [-0.25, -0.2) is 9.78 Å². The molecule has 4 fully saturated rings. The molecule has 1 aromatic carbocycles. The minimum absolute atomic E-state index is 0.0235. The highest BCUT2D eigenvalue weighted by molar-refractivity contribution is 7.99. The highest BCUT2D eigenvalue weighted by Crippen LogP contribution is 2.50. The first-order chi connectivity index (χ1) is 24.8. The first kappa shape index (κ1) is 35.5. The number of carbonyl (C=O) groups excluding carboxylic acids is 4. The number of halogens is 1. The second kappa shape index (κ2) is 13.1. The Bertz CT molecular complexity index is 1860. The summed E-state index contributed by atoms with van der Waals surface area (Å²) in [7, 11) is 0. The number of aryl methyl sites for hydroxylation is 2. The predicted molar refractivity (Wildman–Crippen MR) is 199 cm³/mol. The zero-order valence-electron chi connectivity index (χ0n) is 30.1. The predicted octanol–water partition coefficient (Wildman–Crippen LogP) is 6.22. The summed E-state index contributed by atoms with van der Waals surface area (Å²) in [5.74, 6) is -0.445. The van der Waals surface area contributed by atoms with Gasteiger partial charge in [0.15, 0.2) is 0 Å². The normalized spacial score (nSPS) is 32.2. The lowest BCUT2D eigenvalue weighted by Crippen LogP contribution is -2.57. The minimum Gasteiger partial charge on any atom is -0.483 e. The molecule has 278 valence electrons. The number of rotatable bonds is 5. The van der Waals surface area contributed by atoms with Crippen LogP contribution in [0.4, 0.5) is 4.79 Å². The van der Waals surface area contributed by atoms with E-state index in [0.29, 0.717) is 42.9 Å². The SMILES string of the molecule is Cc1nc2ccc(Cl)cc2c2c1O[C@]1(CC2)C[C@H]2C(=O)N[C@]3(C(=O)NSC4(C)CC4)CC3/C=C\CCCCC[C@H](NC(=O)OC3(C)CC3)C(=O)N2C1. The molecule has 3 aliphatic heterocycles. The zero-order chi connectivity index (χ0) is 36.5. The van der Waals surface area contributed by atoms with Crippen molar-refractivity contribution in [2.24, 2.45) is 5.92 Å². The number of amides is 4. The average molecular weight is 750 g/mol. The van der Waals surface area contributed by atoms with Gasteiger partial charge in [0.25, 0.3) is 5.91 Å². The van der Waals surface area contributed by atoms with Crippen molar-refractivity contribution in [1.82, 2.24) is 25.2 Å². The van der Waals surface area contributed by atoms with Gasteiger partial charge in [0.1, 0.15) is 34.6 Å². The van der Waals surface area contributed by atoms with Crippen LogP contribution in [0, 0.1) is 12.8 Å². The molecular formula is C39H48ClN5O6S. The lowest BCUT2D eigenvalue weighted by atomic mass is 9.87. The molecule has 8 rings (SSSR count). The van der Waals surface area contributed by atoms with Gasteiger partial charge in [-0.05, 0) is 115 Å². The van der Waals surface area contributed by atoms with Gasteiger partial charge in [-0.3, -0.25) is 19.1 Å². The molecule has 0 bridgehead atoms. The van der Waals surface area contributed by atoms with Crippen molar-refractivity contribution in [2.75, 3.05) is 6.54 Å². The number of allylic oxidation sites excluding steroid dienone is 1. The molecule has 1 unspecified atom stereocenters. The van der Waals surface area contributed by atoms with Crippen LogP contribution in [0.3, 0.4) is 0 Å². The number of carbonyl (C=O) groups is 4. The molecule has 0 radical (unpaired) electrons. The van der Waals surface area contributed by atoms with Gasteiger partial charge < -0.3 is 25.0 Å². The Kier molecular flexibility index (Phi) is 8.95. The molecule has 3 N–H and O–H groups in total. The average Bonchev–Trinajstić information content (AvgIpc) is 4.07. The molecule has 6 aliphatic rings. The molecule has 1 saturated heterocycles. The minimum atomic E-state index is -1.10. The van der Waals surface area contributed by atoms with Crippen molar-refractivity contribution < 1.29 is 28.7 Å². The van der Waals surface area contributed by atoms with Gasteiger partial charge >= 0.3 is 6.09 Å². The van der Waals surface area contributed by atoms with Gasteiger partial charge in [0.05, 0.1) is 17.8 Å². The number of hydrogen-bond donors (Lipinski definition) is 3. The van der Waals surface area contributed by atoms with Crippen LogP contribution >= 0.6 is 23.5 Å². The van der Waals surface area contributed by atoms with Crippen LogP contribution in [0.25, 0.3) is 10.9 Å². The number of alkyl carbamates (subject to hydrolysis) is 1. The summed E-state index contributed by atoms with van der Waals surface area (Å²) in [6.07, 6.45) is 12.8. The van der Waals surface area contributed by atoms with Crippen molar-refractivity contribution in [2.45, 2.75) is 138 Å². The summed E-state index contributed by atoms with van der Waals surface area (Å²) in [6.45, 7) is 6.07. The smallest absolute Gasteiger partial charge is 0.408 e. The summed E-state index contributed by atoms with van der Waals surface area (Å²) in [5.41, 5.74) is 0.0856. The maximum atomic E-state index is 14.7. The topological polar surface area (TPSA) is 139 Å². The second-order valence-electron chi connectivity index (χ2n) is 16.5. The van der Waals surface area contributed by atoms with E-state index in [-0.39, 0.29) is 35.4 Å². The standard InChI is InChI=1S/C39H48ClN5O6S/c1-23-31-26(27-19-25(40)11-12-28(27)41-23)13-14-38(50-31)21-30-32(46)43-39(34(48)44-52-37(3)17-18-37)20-24(39)9-7-5-4-6-8-10-29(33(47)45(30)22-38)42-35(49)51-36(2)15-16-36/h7,9,11-12,19,24,29-30H,4-6,8,10,13-18,20-22H2,1-3H3,(H,42,49)(H,43,46)(H,44,48)/b9-7-/t24?,29-,30-,38+,39+/m0/s1. The number of pyridine rings is 1. The van der Waals surface area contributed by atoms with Crippen LogP contribution in [0.15, 0.2) is 30.4 Å². The van der Waals surface area contributed by atoms with Crippen LogP contribution in [0.2, 0.25) is 5.02 Å². The highest BCUT2D eigenvalue weighted by Gasteiger charge is 2.62. The Balaban J connectivity index is 1.11. The van der Waals surface area contributed by atoms with E-state index < -0.39 is 40.8 Å². The third kappa shape index (κ3) is 6.97. The molecule has 52 heavy (non-hydrogen) atoms. The summed E-state index contributed by atoms with van der Waals surface area (Å²) >= 11 is 7.83. The lowest BCUT2D eigenvalue weighted by molar-refractivity contribution is -0.141. The fourth-order valence-corrected chi connectivity index (χ4v) is 9.09. The van der Waals surface area contributed by atoms with Crippen molar-refractivity contribution in [3.63, 3.8) is 0 Å². The van der Waals surface area contributed by atoms with Gasteiger partial charge in [0.2, 0.25) is 11.8 Å². The van der Waals surface area contributed by atoms with Crippen LogP contribution in [-0.2, 0) is 25.5 Å². The van der Waals surface area contributed by atoms with Crippen molar-refractivity contribution in [1.29, 1.82) is 0 Å². The summed E-state index contributed by atoms with van der Waals surface area (Å²) in [5, 5.41) is 7.57. The van der Waals surface area contributed by atoms with Crippen molar-refractivity contribution in [3.05, 3.63) is 46.6 Å². The summed E-state index contributed by atoms with van der Waals surface area (Å²) in [6, 6.07) is 3.83. The van der Waals surface area contributed by atoms with Crippen molar-refractivity contribution in [3.8, 4) is 5.75 Å². The van der Waals surface area contributed by atoms with Crippen LogP contribution in [-0.4, -0.2) is 73.8 Å². The van der Waals surface area contributed by atoms with E-state index in [4.69, 9.17) is 26.1 Å². The molecular weight excluding hydrogens is 702 g/mol. The van der Waals surface area contributed by atoms with E-state index in [1.807, 2.05) is 32.0 Å². The second-order valence-corrected chi connectivity index (χ2v) is 18.3. The molecule has 2 aromatic rings. The summed E-state index contributed by atoms with van der Waals surface area (Å²) < 4.78 is 15.7. The zero-order valence-corrected chi connectivity index (χ0v) is 31.7. The maximum Gasteiger partial charge on any atom is 0.408 e. The van der Waals surface area contributed by atoms with Crippen LogP contribution in [0.1, 0.15) is 102 Å². The Morgan fingerprint density at radius 1 is 1.10 bits per heavy atom. The van der Waals surface area contributed by atoms with E-state index in [1.165, 1.54) is 11.9 Å². The largest absolute Gasteiger partial charge is 0.483 e. The molecule has 11 nitrogen and oxygen atoms in total. The fraction of sp³-hybridized carbons (Fsp3) is 0.615. The quantitative estimate of drug-likeness (QED) is 0.242. The first-order valence-electron chi connectivity index (χ1n) is 18.8. The number of nitrogens with zero attached hydrogens (tertiary/aromatic N) is 2. The Labute approximate surface area is 313 Å². The molecule has 4 amide bonds. The van der Waals surface area contributed by atoms with E-state index in [9.17, 15) is 19.2 Å².